The van der Waals surface area contributed by atoms with Crippen molar-refractivity contribution in [3.63, 3.8) is 0 Å². The molecule has 0 saturated carbocycles. The van der Waals surface area contributed by atoms with E-state index in [0.29, 0.717) is 21.1 Å². The summed E-state index contributed by atoms with van der Waals surface area (Å²) in [6, 6.07) is 12.9. The number of nitrogens with one attached hydrogen (secondary N) is 1. The van der Waals surface area contributed by atoms with E-state index in [0.717, 1.165) is 27.3 Å². The van der Waals surface area contributed by atoms with E-state index in [4.69, 9.17) is 16.3 Å². The summed E-state index contributed by atoms with van der Waals surface area (Å²) in [5.41, 5.74) is 4.03. The van der Waals surface area contributed by atoms with Crippen LogP contribution in [0.1, 0.15) is 16.7 Å². The number of benzene rings is 2. The highest BCUT2D eigenvalue weighted by Crippen LogP contribution is 2.35. The molecular weight excluding hydrogens is 416 g/mol. The molecule has 2 aromatic carbocycles. The van der Waals surface area contributed by atoms with Crippen LogP contribution >= 0.6 is 27.5 Å². The Balaban J connectivity index is 1.94. The number of aryl methyl sites for hydroxylation is 3. The van der Waals surface area contributed by atoms with Gasteiger partial charge in [0.25, 0.3) is 5.82 Å². The van der Waals surface area contributed by atoms with E-state index in [1.54, 1.807) is 30.3 Å². The second kappa shape index (κ2) is 7.56. The minimum atomic E-state index is 0.355. The molecule has 3 aromatic rings. The number of pyridine rings is 1. The van der Waals surface area contributed by atoms with Crippen molar-refractivity contribution in [3.8, 4) is 11.5 Å². The lowest BCUT2D eigenvalue weighted by Gasteiger charge is -2.16. The highest BCUT2D eigenvalue weighted by atomic mass is 79.9. The Morgan fingerprint density at radius 3 is 2.27 bits per heavy atom. The topological polar surface area (TPSA) is 48.2 Å². The van der Waals surface area contributed by atoms with Crippen LogP contribution in [0, 0.1) is 26.0 Å². The number of halogens is 2. The van der Waals surface area contributed by atoms with Crippen LogP contribution in [0.5, 0.6) is 11.5 Å². The minimum absolute atomic E-state index is 0.355. The van der Waals surface area contributed by atoms with Gasteiger partial charge in [-0.05, 0) is 72.1 Å². The molecule has 26 heavy (non-hydrogen) atoms. The maximum atomic E-state index is 12.2. The molecule has 0 aliphatic carbocycles. The van der Waals surface area contributed by atoms with Crippen LogP contribution in [0.15, 0.2) is 53.1 Å². The van der Waals surface area contributed by atoms with E-state index in [2.05, 4.69) is 40.3 Å². The molecule has 0 aliphatic rings. The molecule has 0 amide bonds. The average Bonchev–Trinajstić information content (AvgIpc) is 2.56. The van der Waals surface area contributed by atoms with E-state index in [-0.39, 0.29) is 0 Å². The number of rotatable bonds is 4. The number of hydrogen-bond acceptors (Lipinski definition) is 3. The molecule has 0 aliphatic heterocycles. The van der Waals surface area contributed by atoms with Gasteiger partial charge in [-0.15, -0.1) is 0 Å². The fraction of sp³-hybridized carbons (Fsp3) is 0.150. The Hall–Kier alpha value is -2.24. The van der Waals surface area contributed by atoms with Crippen molar-refractivity contribution in [2.45, 2.75) is 20.8 Å². The maximum absolute atomic E-state index is 12.2. The van der Waals surface area contributed by atoms with E-state index in [9.17, 15) is 5.21 Å². The van der Waals surface area contributed by atoms with Crippen LogP contribution in [-0.4, -0.2) is 0 Å². The highest BCUT2D eigenvalue weighted by Gasteiger charge is 2.15. The lowest BCUT2D eigenvalue weighted by molar-refractivity contribution is -0.590. The van der Waals surface area contributed by atoms with Gasteiger partial charge >= 0.3 is 0 Å². The molecule has 1 N–H and O–H groups in total. The lowest BCUT2D eigenvalue weighted by atomic mass is 10.1. The van der Waals surface area contributed by atoms with E-state index in [1.165, 1.54) is 11.8 Å². The molecule has 1 aromatic heterocycles. The van der Waals surface area contributed by atoms with Crippen molar-refractivity contribution in [2.75, 3.05) is 5.32 Å². The molecule has 4 nitrogen and oxygen atoms in total. The summed E-state index contributed by atoms with van der Waals surface area (Å²) in [5.74, 6) is 1.70. The summed E-state index contributed by atoms with van der Waals surface area (Å²) in [6.45, 7) is 6.07. The quantitative estimate of drug-likeness (QED) is 0.394. The third kappa shape index (κ3) is 4.11. The first-order chi connectivity index (χ1) is 12.3. The summed E-state index contributed by atoms with van der Waals surface area (Å²) in [7, 11) is 0. The summed E-state index contributed by atoms with van der Waals surface area (Å²) < 4.78 is 7.45. The van der Waals surface area contributed by atoms with E-state index >= 15 is 0 Å². The largest absolute Gasteiger partial charge is 0.711 e. The van der Waals surface area contributed by atoms with Gasteiger partial charge in [0.05, 0.1) is 6.07 Å². The van der Waals surface area contributed by atoms with Gasteiger partial charge in [-0.25, -0.2) is 10.0 Å². The molecule has 0 bridgehead atoms. The van der Waals surface area contributed by atoms with Crippen molar-refractivity contribution >= 4 is 39.0 Å². The molecular formula is C20H18BrClN2O2. The highest BCUT2D eigenvalue weighted by molar-refractivity contribution is 9.10. The lowest BCUT2D eigenvalue weighted by Crippen LogP contribution is -2.29. The molecule has 0 fully saturated rings. The number of aromatic nitrogens is 1. The number of ether oxygens (including phenoxy) is 1. The molecule has 3 rings (SSSR count). The zero-order valence-electron chi connectivity index (χ0n) is 14.6. The van der Waals surface area contributed by atoms with Crippen molar-refractivity contribution < 1.29 is 9.47 Å². The zero-order chi connectivity index (χ0) is 18.8. The minimum Gasteiger partial charge on any atom is -0.711 e. The van der Waals surface area contributed by atoms with Gasteiger partial charge in [-0.3, -0.25) is 0 Å². The Morgan fingerprint density at radius 2 is 1.65 bits per heavy atom. The molecule has 1 heterocycles. The third-order valence-corrected chi connectivity index (χ3v) is 4.75. The maximum Gasteiger partial charge on any atom is 0.286 e. The molecule has 0 saturated heterocycles. The van der Waals surface area contributed by atoms with Gasteiger partial charge < -0.3 is 9.94 Å². The van der Waals surface area contributed by atoms with Crippen LogP contribution in [-0.2, 0) is 0 Å². The standard InChI is InChI=1S/C20H18BrClN2O2/c1-12-8-13(2)20(14(3)9-12)26-18-10-19(24(25)11-17(18)21)23-16-6-4-15(22)5-7-16/h4-11,23H,1-3H3. The van der Waals surface area contributed by atoms with Crippen LogP contribution in [0.3, 0.4) is 0 Å². The van der Waals surface area contributed by atoms with Gasteiger partial charge in [0, 0.05) is 5.02 Å². The van der Waals surface area contributed by atoms with Crippen LogP contribution in [0.25, 0.3) is 0 Å². The molecule has 0 unspecified atom stereocenters. The van der Waals surface area contributed by atoms with Gasteiger partial charge in [-0.1, -0.05) is 29.3 Å². The third-order valence-electron chi connectivity index (χ3n) is 3.90. The van der Waals surface area contributed by atoms with Gasteiger partial charge in [-0.2, -0.15) is 0 Å². The monoisotopic (exact) mass is 432 g/mol. The fourth-order valence-corrected chi connectivity index (χ4v) is 3.29. The molecule has 134 valence electrons. The molecule has 0 radical (unpaired) electrons. The van der Waals surface area contributed by atoms with Crippen molar-refractivity contribution in [1.29, 1.82) is 0 Å². The van der Waals surface area contributed by atoms with Gasteiger partial charge in [0.2, 0.25) is 0 Å². The van der Waals surface area contributed by atoms with Gasteiger partial charge in [0.15, 0.2) is 5.75 Å². The first-order valence-corrected chi connectivity index (χ1v) is 9.21. The number of hydrogen-bond donors (Lipinski definition) is 1. The predicted octanol–water partition coefficient (Wildman–Crippen LogP) is 6.20. The van der Waals surface area contributed by atoms with Crippen LogP contribution in [0.4, 0.5) is 11.5 Å². The van der Waals surface area contributed by atoms with Gasteiger partial charge in [0.1, 0.15) is 22.1 Å². The Kier molecular flexibility index (Phi) is 5.39. The molecule has 6 heteroatoms. The Labute approximate surface area is 166 Å². The summed E-state index contributed by atoms with van der Waals surface area (Å²) in [5, 5.41) is 16.0. The van der Waals surface area contributed by atoms with Crippen LogP contribution < -0.4 is 14.8 Å². The summed E-state index contributed by atoms with van der Waals surface area (Å²) in [6.07, 6.45) is 1.42. The number of nitrogens with zero attached hydrogens (tertiary/aromatic N) is 1. The first-order valence-electron chi connectivity index (χ1n) is 8.04. The normalized spacial score (nSPS) is 10.7. The second-order valence-corrected chi connectivity index (χ2v) is 7.45. The molecule has 0 spiro atoms. The van der Waals surface area contributed by atoms with Crippen molar-refractivity contribution in [3.05, 3.63) is 80.1 Å². The average molecular weight is 434 g/mol. The summed E-state index contributed by atoms with van der Waals surface area (Å²) in [4.78, 5) is 0. The fourth-order valence-electron chi connectivity index (χ4n) is 2.78. The van der Waals surface area contributed by atoms with E-state index < -0.39 is 0 Å². The zero-order valence-corrected chi connectivity index (χ0v) is 17.0. The second-order valence-electron chi connectivity index (χ2n) is 6.16. The van der Waals surface area contributed by atoms with Crippen LogP contribution in [0.2, 0.25) is 5.02 Å². The van der Waals surface area contributed by atoms with E-state index in [1.807, 2.05) is 13.8 Å². The van der Waals surface area contributed by atoms with Crippen molar-refractivity contribution in [2.24, 2.45) is 0 Å². The molecule has 0 atom stereocenters. The first kappa shape index (κ1) is 18.5. The SMILES string of the molecule is Cc1cc(C)c(Oc2cc(Nc3ccc(Cl)cc3)[n+]([O-])cc2Br)c(C)c1. The number of anilines is 2. The Morgan fingerprint density at radius 1 is 1.04 bits per heavy atom. The summed E-state index contributed by atoms with van der Waals surface area (Å²) >= 11 is 9.31. The van der Waals surface area contributed by atoms with Crippen molar-refractivity contribution in [1.82, 2.24) is 0 Å². The predicted molar refractivity (Wildman–Crippen MR) is 109 cm³/mol. The smallest absolute Gasteiger partial charge is 0.286 e. The Bertz CT molecular complexity index is 936.